The topological polar surface area (TPSA) is 17.8 Å². The molecule has 0 aliphatic rings. The molecule has 0 bridgehead atoms. The molecule has 0 atom stereocenters. The normalized spacial score (nSPS) is 12.1. The summed E-state index contributed by atoms with van der Waals surface area (Å²) in [6.07, 6.45) is 0. The van der Waals surface area contributed by atoms with E-state index >= 15 is 0 Å². The highest BCUT2D eigenvalue weighted by Gasteiger charge is 2.17. The first-order chi connectivity index (χ1) is 4.91. The van der Waals surface area contributed by atoms with Crippen LogP contribution in [0.3, 0.4) is 0 Å². The van der Waals surface area contributed by atoms with Gasteiger partial charge in [0.05, 0.1) is 5.54 Å². The Morgan fingerprint density at radius 2 is 2.09 bits per heavy atom. The molecule has 62 valence electrons. The first-order valence-corrected chi connectivity index (χ1v) is 5.20. The Labute approximate surface area is 88.6 Å². The molecule has 0 aliphatic carbocycles. The second kappa shape index (κ2) is 3.05. The molecule has 1 heterocycles. The van der Waals surface area contributed by atoms with Gasteiger partial charge in [0.15, 0.2) is 0 Å². The van der Waals surface area contributed by atoms with Crippen LogP contribution in [-0.2, 0) is 5.54 Å². The molecule has 0 saturated heterocycles. The van der Waals surface area contributed by atoms with E-state index < -0.39 is 0 Å². The van der Waals surface area contributed by atoms with Crippen LogP contribution in [0.15, 0.2) is 10.7 Å². The molecular weight excluding hydrogens is 319 g/mol. The van der Waals surface area contributed by atoms with E-state index in [1.807, 2.05) is 10.7 Å². The summed E-state index contributed by atoms with van der Waals surface area (Å²) in [5, 5.41) is 4.34. The second-order valence-corrected chi connectivity index (χ2v) is 5.29. The van der Waals surface area contributed by atoms with Crippen molar-refractivity contribution in [3.8, 4) is 0 Å². The molecule has 1 rings (SSSR count). The van der Waals surface area contributed by atoms with E-state index in [0.29, 0.717) is 0 Å². The van der Waals surface area contributed by atoms with Crippen LogP contribution in [-0.4, -0.2) is 9.78 Å². The number of nitrogens with zero attached hydrogens (tertiary/aromatic N) is 2. The summed E-state index contributed by atoms with van der Waals surface area (Å²) in [5.74, 6) is 0. The predicted octanol–water partition coefficient (Wildman–Crippen LogP) is 3.01. The Kier molecular flexibility index (Phi) is 2.63. The largest absolute Gasteiger partial charge is 0.252 e. The highest BCUT2D eigenvalue weighted by Crippen LogP contribution is 2.21. The molecule has 0 N–H and O–H groups in total. The summed E-state index contributed by atoms with van der Waals surface area (Å²) in [4.78, 5) is 0. The van der Waals surface area contributed by atoms with Crippen molar-refractivity contribution in [2.45, 2.75) is 26.3 Å². The summed E-state index contributed by atoms with van der Waals surface area (Å²) < 4.78 is 4.02. The molecule has 0 amide bonds. The third-order valence-corrected chi connectivity index (χ3v) is 2.36. The van der Waals surface area contributed by atoms with Gasteiger partial charge in [-0.2, -0.15) is 5.10 Å². The number of hydrogen-bond donors (Lipinski definition) is 0. The van der Waals surface area contributed by atoms with E-state index in [1.54, 1.807) is 0 Å². The van der Waals surface area contributed by atoms with Crippen molar-refractivity contribution < 1.29 is 0 Å². The Balaban J connectivity index is 3.13. The predicted molar refractivity (Wildman–Crippen MR) is 57.6 cm³/mol. The Bertz CT molecular complexity index is 262. The minimum Gasteiger partial charge on any atom is -0.252 e. The zero-order valence-electron chi connectivity index (χ0n) is 6.73. The Morgan fingerprint density at radius 1 is 1.55 bits per heavy atom. The summed E-state index contributed by atoms with van der Waals surface area (Å²) in [6.45, 7) is 6.38. The summed E-state index contributed by atoms with van der Waals surface area (Å²) in [5.41, 5.74) is 0.0578. The van der Waals surface area contributed by atoms with Gasteiger partial charge >= 0.3 is 0 Å². The fraction of sp³-hybridized carbons (Fsp3) is 0.571. The molecule has 11 heavy (non-hydrogen) atoms. The third-order valence-electron chi connectivity index (χ3n) is 1.27. The maximum absolute atomic E-state index is 4.34. The quantitative estimate of drug-likeness (QED) is 0.669. The first-order valence-electron chi connectivity index (χ1n) is 3.33. The number of rotatable bonds is 0. The lowest BCUT2D eigenvalue weighted by Crippen LogP contribution is -2.23. The average Bonchev–Trinajstić information content (AvgIpc) is 2.08. The minimum atomic E-state index is 0.0578. The monoisotopic (exact) mass is 328 g/mol. The van der Waals surface area contributed by atoms with Gasteiger partial charge in [-0.15, -0.1) is 0 Å². The van der Waals surface area contributed by atoms with E-state index in [1.165, 1.54) is 0 Å². The van der Waals surface area contributed by atoms with Crippen molar-refractivity contribution in [3.05, 3.63) is 14.4 Å². The molecule has 0 aromatic carbocycles. The average molecular weight is 329 g/mol. The number of hydrogen-bond acceptors (Lipinski definition) is 1. The number of aromatic nitrogens is 2. The molecule has 0 radical (unpaired) electrons. The molecule has 0 spiro atoms. The lowest BCUT2D eigenvalue weighted by Gasteiger charge is -2.20. The molecular formula is C7H10BrIN2. The Morgan fingerprint density at radius 3 is 2.27 bits per heavy atom. The third kappa shape index (κ3) is 2.18. The maximum Gasteiger partial charge on any atom is 0.124 e. The molecule has 0 fully saturated rings. The van der Waals surface area contributed by atoms with Crippen LogP contribution in [0, 0.1) is 3.70 Å². The van der Waals surface area contributed by atoms with E-state index in [-0.39, 0.29) is 5.54 Å². The zero-order chi connectivity index (χ0) is 8.65. The highest BCUT2D eigenvalue weighted by molar-refractivity contribution is 14.1. The van der Waals surface area contributed by atoms with Crippen LogP contribution in [0.1, 0.15) is 20.8 Å². The Hall–Kier alpha value is 0.420. The molecule has 4 heteroatoms. The molecule has 0 aliphatic heterocycles. The van der Waals surface area contributed by atoms with Crippen LogP contribution in [0.4, 0.5) is 0 Å². The molecule has 0 saturated carbocycles. The van der Waals surface area contributed by atoms with Gasteiger partial charge in [0.25, 0.3) is 0 Å². The van der Waals surface area contributed by atoms with Crippen LogP contribution in [0.2, 0.25) is 0 Å². The standard InChI is InChI=1S/C7H10BrIN2/c1-7(2,3)11-5(8)4-6(9)10-11/h4H,1-3H3. The summed E-state index contributed by atoms with van der Waals surface area (Å²) >= 11 is 5.65. The smallest absolute Gasteiger partial charge is 0.124 e. The van der Waals surface area contributed by atoms with Crippen molar-refractivity contribution in [3.63, 3.8) is 0 Å². The molecule has 1 aromatic heterocycles. The van der Waals surface area contributed by atoms with Gasteiger partial charge in [-0.3, -0.25) is 4.68 Å². The minimum absolute atomic E-state index is 0.0578. The van der Waals surface area contributed by atoms with Gasteiger partial charge in [0.1, 0.15) is 8.30 Å². The fourth-order valence-electron chi connectivity index (χ4n) is 0.802. The van der Waals surface area contributed by atoms with Gasteiger partial charge in [-0.1, -0.05) is 0 Å². The van der Waals surface area contributed by atoms with Crippen molar-refractivity contribution >= 4 is 38.5 Å². The van der Waals surface area contributed by atoms with Crippen molar-refractivity contribution in [2.75, 3.05) is 0 Å². The van der Waals surface area contributed by atoms with Crippen molar-refractivity contribution in [1.29, 1.82) is 0 Å². The lowest BCUT2D eigenvalue weighted by molar-refractivity contribution is 0.347. The van der Waals surface area contributed by atoms with Gasteiger partial charge in [0.2, 0.25) is 0 Å². The van der Waals surface area contributed by atoms with Crippen LogP contribution < -0.4 is 0 Å². The van der Waals surface area contributed by atoms with Crippen molar-refractivity contribution in [2.24, 2.45) is 0 Å². The first kappa shape index (κ1) is 9.51. The van der Waals surface area contributed by atoms with Gasteiger partial charge in [-0.05, 0) is 59.3 Å². The van der Waals surface area contributed by atoms with E-state index in [0.717, 1.165) is 8.30 Å². The van der Waals surface area contributed by atoms with Crippen molar-refractivity contribution in [1.82, 2.24) is 9.78 Å². The second-order valence-electron chi connectivity index (χ2n) is 3.37. The molecule has 0 unspecified atom stereocenters. The zero-order valence-corrected chi connectivity index (χ0v) is 10.5. The van der Waals surface area contributed by atoms with Gasteiger partial charge < -0.3 is 0 Å². The SMILES string of the molecule is CC(C)(C)n1nc(I)cc1Br. The molecule has 1 aromatic rings. The van der Waals surface area contributed by atoms with E-state index in [9.17, 15) is 0 Å². The van der Waals surface area contributed by atoms with Gasteiger partial charge in [-0.25, -0.2) is 0 Å². The summed E-state index contributed by atoms with van der Waals surface area (Å²) in [7, 11) is 0. The lowest BCUT2D eigenvalue weighted by atomic mass is 10.1. The molecule has 2 nitrogen and oxygen atoms in total. The van der Waals surface area contributed by atoms with E-state index in [4.69, 9.17) is 0 Å². The van der Waals surface area contributed by atoms with Crippen LogP contribution in [0.5, 0.6) is 0 Å². The number of halogens is 2. The maximum atomic E-state index is 4.34. The van der Waals surface area contributed by atoms with Gasteiger partial charge in [0, 0.05) is 6.07 Å². The van der Waals surface area contributed by atoms with E-state index in [2.05, 4.69) is 64.4 Å². The summed E-state index contributed by atoms with van der Waals surface area (Å²) in [6, 6.07) is 2.01. The van der Waals surface area contributed by atoms with Crippen LogP contribution in [0.25, 0.3) is 0 Å². The highest BCUT2D eigenvalue weighted by atomic mass is 127. The van der Waals surface area contributed by atoms with Crippen LogP contribution >= 0.6 is 38.5 Å². The fourth-order valence-corrected chi connectivity index (χ4v) is 2.57.